The van der Waals surface area contributed by atoms with Gasteiger partial charge >= 0.3 is 0 Å². The third-order valence-electron chi connectivity index (χ3n) is 0.606. The molecule has 0 aliphatic heterocycles. The van der Waals surface area contributed by atoms with E-state index in [1.54, 1.807) is 0 Å². The van der Waals surface area contributed by atoms with Crippen LogP contribution in [0.2, 0.25) is 19.6 Å². The summed E-state index contributed by atoms with van der Waals surface area (Å²) in [6.07, 6.45) is 3.57. The number of hydrogen-bond donors (Lipinski definition) is 0. The van der Waals surface area contributed by atoms with Crippen LogP contribution in [0.3, 0.4) is 0 Å². The highest BCUT2D eigenvalue weighted by atomic mass is 28.4. The van der Waals surface area contributed by atoms with Gasteiger partial charge in [-0.15, -0.1) is 0 Å². The molecule has 0 heterocycles. The summed E-state index contributed by atoms with van der Waals surface area (Å²) in [6, 6.07) is 0. The first-order chi connectivity index (χ1) is 4.06. The molecule has 0 spiro atoms. The smallest absolute Gasteiger partial charge is 0.255 e. The third kappa shape index (κ3) is 7.58. The fourth-order valence-electron chi connectivity index (χ4n) is 0.261. The summed E-state index contributed by atoms with van der Waals surface area (Å²) in [5.41, 5.74) is 0. The maximum Gasteiger partial charge on any atom is 0.255 e. The molecule has 0 amide bonds. The van der Waals surface area contributed by atoms with E-state index in [0.717, 1.165) is 6.42 Å². The molecule has 0 saturated carbocycles. The molecule has 0 saturated heterocycles. The predicted octanol–water partition coefficient (Wildman–Crippen LogP) is 2.21. The van der Waals surface area contributed by atoms with Gasteiger partial charge in [0, 0.05) is 6.42 Å². The lowest BCUT2D eigenvalue weighted by Crippen LogP contribution is -2.22. The Hall–Kier alpha value is -0.423. The van der Waals surface area contributed by atoms with Crippen molar-refractivity contribution in [3.63, 3.8) is 0 Å². The van der Waals surface area contributed by atoms with Gasteiger partial charge in [-0.2, -0.15) is 0 Å². The summed E-state index contributed by atoms with van der Waals surface area (Å²) in [4.78, 5) is 0. The molecular weight excluding hydrogens is 128 g/mol. The molecule has 0 fully saturated rings. The quantitative estimate of drug-likeness (QED) is 0.403. The molecule has 52 valence electrons. The molecule has 1 nitrogen and oxygen atoms in total. The minimum Gasteiger partial charge on any atom is -0.501 e. The van der Waals surface area contributed by atoms with Crippen LogP contribution in [0.5, 0.6) is 0 Å². The largest absolute Gasteiger partial charge is 0.501 e. The van der Waals surface area contributed by atoms with Gasteiger partial charge in [0.2, 0.25) is 0 Å². The molecule has 0 unspecified atom stereocenters. The normalized spacial score (nSPS) is 9.78. The average Bonchev–Trinajstić information content (AvgIpc) is 1.63. The van der Waals surface area contributed by atoms with Crippen molar-refractivity contribution < 1.29 is 4.43 Å². The van der Waals surface area contributed by atoms with Crippen molar-refractivity contribution in [1.29, 1.82) is 0 Å². The van der Waals surface area contributed by atoms with E-state index in [4.69, 9.17) is 4.43 Å². The minimum absolute atomic E-state index is 0.879. The molecule has 0 N–H and O–H groups in total. The predicted molar refractivity (Wildman–Crippen MR) is 42.5 cm³/mol. The molecule has 2 heteroatoms. The van der Waals surface area contributed by atoms with Gasteiger partial charge in [0.05, 0.1) is 6.11 Å². The summed E-state index contributed by atoms with van der Waals surface area (Å²) in [7, 11) is -1.37. The SMILES string of the molecule is CCC#CO[Si](C)(C)C. The van der Waals surface area contributed by atoms with Gasteiger partial charge in [0.1, 0.15) is 0 Å². The second-order valence-electron chi connectivity index (χ2n) is 2.85. The van der Waals surface area contributed by atoms with Gasteiger partial charge in [-0.25, -0.2) is 0 Å². The van der Waals surface area contributed by atoms with Crippen molar-refractivity contribution >= 4 is 8.32 Å². The Morgan fingerprint density at radius 1 is 1.33 bits per heavy atom. The fraction of sp³-hybridized carbons (Fsp3) is 0.714. The Morgan fingerprint density at radius 3 is 2.22 bits per heavy atom. The monoisotopic (exact) mass is 142 g/mol. The van der Waals surface area contributed by atoms with Crippen LogP contribution in [0.4, 0.5) is 0 Å². The van der Waals surface area contributed by atoms with Crippen molar-refractivity contribution in [3.8, 4) is 12.0 Å². The second kappa shape index (κ2) is 3.57. The second-order valence-corrected chi connectivity index (χ2v) is 7.28. The highest BCUT2D eigenvalue weighted by molar-refractivity contribution is 6.70. The lowest BCUT2D eigenvalue weighted by atomic mass is 10.5. The van der Waals surface area contributed by atoms with Gasteiger partial charge in [0.15, 0.2) is 0 Å². The van der Waals surface area contributed by atoms with Crippen molar-refractivity contribution in [2.24, 2.45) is 0 Å². The maximum absolute atomic E-state index is 5.25. The Bertz CT molecular complexity index is 124. The fourth-order valence-corrected chi connectivity index (χ4v) is 0.640. The molecule has 0 rings (SSSR count). The van der Waals surface area contributed by atoms with Crippen molar-refractivity contribution in [1.82, 2.24) is 0 Å². The van der Waals surface area contributed by atoms with E-state index in [1.165, 1.54) is 0 Å². The van der Waals surface area contributed by atoms with Crippen LogP contribution in [0.25, 0.3) is 0 Å². The minimum atomic E-state index is -1.37. The molecule has 0 radical (unpaired) electrons. The van der Waals surface area contributed by atoms with E-state index in [0.29, 0.717) is 0 Å². The van der Waals surface area contributed by atoms with Crippen LogP contribution in [0.1, 0.15) is 13.3 Å². The van der Waals surface area contributed by atoms with Crippen LogP contribution in [0, 0.1) is 12.0 Å². The van der Waals surface area contributed by atoms with E-state index < -0.39 is 8.32 Å². The van der Waals surface area contributed by atoms with Gasteiger partial charge < -0.3 is 4.43 Å². The Morgan fingerprint density at radius 2 is 1.89 bits per heavy atom. The van der Waals surface area contributed by atoms with Crippen LogP contribution in [-0.4, -0.2) is 8.32 Å². The van der Waals surface area contributed by atoms with E-state index >= 15 is 0 Å². The number of hydrogen-bond acceptors (Lipinski definition) is 1. The van der Waals surface area contributed by atoms with Crippen LogP contribution >= 0.6 is 0 Å². The molecule has 0 bridgehead atoms. The first-order valence-corrected chi connectivity index (χ1v) is 6.63. The summed E-state index contributed by atoms with van der Waals surface area (Å²) in [6.45, 7) is 8.38. The van der Waals surface area contributed by atoms with E-state index in [1.807, 2.05) is 6.92 Å². The first-order valence-electron chi connectivity index (χ1n) is 3.22. The molecule has 0 aromatic rings. The highest BCUT2D eigenvalue weighted by Gasteiger charge is 2.13. The van der Waals surface area contributed by atoms with Crippen LogP contribution in [0.15, 0.2) is 0 Å². The zero-order chi connectivity index (χ0) is 7.33. The van der Waals surface area contributed by atoms with Crippen LogP contribution in [-0.2, 0) is 4.43 Å². The highest BCUT2D eigenvalue weighted by Crippen LogP contribution is 1.99. The van der Waals surface area contributed by atoms with Gasteiger partial charge in [-0.05, 0) is 19.6 Å². The molecule has 0 aliphatic carbocycles. The summed E-state index contributed by atoms with van der Waals surface area (Å²) >= 11 is 0. The molecule has 0 aromatic heterocycles. The molecular formula is C7H14OSi. The Kier molecular flexibility index (Phi) is 3.41. The van der Waals surface area contributed by atoms with Crippen molar-refractivity contribution in [3.05, 3.63) is 0 Å². The van der Waals surface area contributed by atoms with Gasteiger partial charge in [-0.3, -0.25) is 0 Å². The van der Waals surface area contributed by atoms with E-state index in [9.17, 15) is 0 Å². The molecule has 0 atom stereocenters. The van der Waals surface area contributed by atoms with Gasteiger partial charge in [-0.1, -0.05) is 12.8 Å². The number of rotatable bonds is 1. The van der Waals surface area contributed by atoms with Crippen LogP contribution < -0.4 is 0 Å². The Labute approximate surface area is 58.5 Å². The summed E-state index contributed by atoms with van der Waals surface area (Å²) < 4.78 is 5.25. The lowest BCUT2D eigenvalue weighted by molar-refractivity contribution is 0.518. The lowest BCUT2D eigenvalue weighted by Gasteiger charge is -2.10. The van der Waals surface area contributed by atoms with E-state index in [2.05, 4.69) is 31.7 Å². The molecule has 9 heavy (non-hydrogen) atoms. The molecule has 0 aromatic carbocycles. The topological polar surface area (TPSA) is 9.23 Å². The average molecular weight is 142 g/mol. The zero-order valence-corrected chi connectivity index (χ0v) is 7.62. The summed E-state index contributed by atoms with van der Waals surface area (Å²) in [5, 5.41) is 0. The van der Waals surface area contributed by atoms with E-state index in [-0.39, 0.29) is 0 Å². The third-order valence-corrected chi connectivity index (χ3v) is 1.32. The van der Waals surface area contributed by atoms with Crippen molar-refractivity contribution in [2.75, 3.05) is 0 Å². The van der Waals surface area contributed by atoms with Crippen molar-refractivity contribution in [2.45, 2.75) is 33.0 Å². The molecule has 0 aliphatic rings. The standard InChI is InChI=1S/C7H14OSi/c1-5-6-7-8-9(2,3)4/h5H2,1-4H3. The maximum atomic E-state index is 5.25. The first kappa shape index (κ1) is 8.58. The van der Waals surface area contributed by atoms with Gasteiger partial charge in [0.25, 0.3) is 8.32 Å². The Balaban J connectivity index is 3.50. The zero-order valence-electron chi connectivity index (χ0n) is 6.62. The summed E-state index contributed by atoms with van der Waals surface area (Å²) in [5.74, 6) is 2.87.